The molecule has 0 bridgehead atoms. The van der Waals surface area contributed by atoms with E-state index in [0.717, 1.165) is 49.4 Å². The Hall–Kier alpha value is -2.77. The number of aliphatic hydroxyl groups excluding tert-OH is 1. The first-order chi connectivity index (χ1) is 16.0. The average Bonchev–Trinajstić information content (AvgIpc) is 3.59. The first-order valence-corrected chi connectivity index (χ1v) is 12.1. The fraction of sp³-hybridized carbons (Fsp3) is 0.429. The normalized spacial score (nSPS) is 19.2. The molecule has 3 heterocycles. The molecule has 184 valence electrons. The second kappa shape index (κ2) is 9.12. The number of nitrogen functional groups attached to an aromatic ring is 1. The maximum atomic E-state index is 14.2. The van der Waals surface area contributed by atoms with Crippen molar-refractivity contribution in [1.29, 1.82) is 0 Å². The third-order valence-corrected chi connectivity index (χ3v) is 8.17. The van der Waals surface area contributed by atoms with Crippen molar-refractivity contribution in [3.8, 4) is 11.3 Å². The van der Waals surface area contributed by atoms with Gasteiger partial charge in [-0.15, -0.1) is 5.10 Å². The van der Waals surface area contributed by atoms with Crippen molar-refractivity contribution in [2.75, 3.05) is 18.8 Å². The van der Waals surface area contributed by atoms with Crippen LogP contribution in [0.5, 0.6) is 0 Å². The van der Waals surface area contributed by atoms with Gasteiger partial charge >= 0.3 is 0 Å². The molecule has 5 rings (SSSR count). The van der Waals surface area contributed by atoms with Gasteiger partial charge in [0.1, 0.15) is 23.0 Å². The summed E-state index contributed by atoms with van der Waals surface area (Å²) in [7, 11) is -3.05. The first kappa shape index (κ1) is 24.4. The van der Waals surface area contributed by atoms with Gasteiger partial charge in [0.05, 0.1) is 28.8 Å². The fourth-order valence-electron chi connectivity index (χ4n) is 3.80. The summed E-state index contributed by atoms with van der Waals surface area (Å²) in [5.74, 6) is -4.27. The number of β-amino-alcohol motifs (C(OH)–C–C–N with tert-alkyl or cyclic N) is 1. The van der Waals surface area contributed by atoms with Crippen molar-refractivity contribution in [2.24, 2.45) is 0 Å². The molecule has 13 heteroatoms. The number of halogens is 4. The fourth-order valence-corrected chi connectivity index (χ4v) is 5.71. The maximum absolute atomic E-state index is 14.2. The van der Waals surface area contributed by atoms with Crippen LogP contribution in [-0.2, 0) is 10.0 Å². The molecule has 0 radical (unpaired) electrons. The summed E-state index contributed by atoms with van der Waals surface area (Å²) in [5, 5.41) is 12.9. The second-order valence-corrected chi connectivity index (χ2v) is 10.6. The predicted octanol–water partition coefficient (Wildman–Crippen LogP) is 2.78. The number of sulfonamides is 1. The summed E-state index contributed by atoms with van der Waals surface area (Å²) in [6, 6.07) is 1.43. The smallest absolute Gasteiger partial charge is 0.238 e. The van der Waals surface area contributed by atoms with Crippen LogP contribution in [0.25, 0.3) is 16.8 Å². The molecular weight excluding hydrogens is 478 g/mol. The number of anilines is 1. The summed E-state index contributed by atoms with van der Waals surface area (Å²) in [4.78, 5) is 3.61. The molecule has 1 unspecified atom stereocenters. The number of hydrogen-bond donors (Lipinski definition) is 2. The molecular formula is C21H23F4N5O3S. The third-order valence-electron chi connectivity index (χ3n) is 5.81. The van der Waals surface area contributed by atoms with Crippen LogP contribution in [-0.4, -0.2) is 56.9 Å². The Morgan fingerprint density at radius 3 is 2.44 bits per heavy atom. The highest BCUT2D eigenvalue weighted by atomic mass is 32.2. The zero-order valence-electron chi connectivity index (χ0n) is 18.2. The monoisotopic (exact) mass is 501 g/mol. The number of hydrogen-bond acceptors (Lipinski definition) is 6. The standard InChI is InChI=1S/C13H8F4N4.C8H15NO3S/c1-5-6(14)2-8(16)11(12(5)17)9-3-7(15)10-4-19-13(18)20-21(9)10;10-7-2-1-5-9(6-7)13(11,12)8-3-4-8/h2-4H,1H3,(H2,18,20);7-8,10H,1-6H2. The summed E-state index contributed by atoms with van der Waals surface area (Å²) in [6.45, 7) is 2.05. The van der Waals surface area contributed by atoms with Gasteiger partial charge in [-0.25, -0.2) is 35.5 Å². The summed E-state index contributed by atoms with van der Waals surface area (Å²) >= 11 is 0. The van der Waals surface area contributed by atoms with Gasteiger partial charge in [0.2, 0.25) is 16.0 Å². The number of benzene rings is 1. The van der Waals surface area contributed by atoms with Gasteiger partial charge < -0.3 is 10.8 Å². The maximum Gasteiger partial charge on any atom is 0.238 e. The molecule has 0 spiro atoms. The van der Waals surface area contributed by atoms with E-state index in [1.807, 2.05) is 0 Å². The number of piperidine rings is 1. The Labute approximate surface area is 193 Å². The van der Waals surface area contributed by atoms with Crippen LogP contribution >= 0.6 is 0 Å². The molecule has 2 fully saturated rings. The van der Waals surface area contributed by atoms with Gasteiger partial charge in [-0.05, 0) is 32.6 Å². The summed E-state index contributed by atoms with van der Waals surface area (Å²) < 4.78 is 81.0. The molecule has 1 saturated carbocycles. The van der Waals surface area contributed by atoms with Crippen LogP contribution in [0.2, 0.25) is 0 Å². The molecule has 1 aliphatic carbocycles. The lowest BCUT2D eigenvalue weighted by Gasteiger charge is -2.29. The third kappa shape index (κ3) is 4.59. The van der Waals surface area contributed by atoms with Crippen molar-refractivity contribution in [3.05, 3.63) is 47.2 Å². The molecule has 0 amide bonds. The molecule has 3 N–H and O–H groups in total. The first-order valence-electron chi connectivity index (χ1n) is 10.6. The van der Waals surface area contributed by atoms with Gasteiger partial charge in [0.25, 0.3) is 0 Å². The van der Waals surface area contributed by atoms with E-state index < -0.39 is 45.0 Å². The quantitative estimate of drug-likeness (QED) is 0.534. The molecule has 1 atom stereocenters. The number of aromatic nitrogens is 3. The van der Waals surface area contributed by atoms with Crippen molar-refractivity contribution < 1.29 is 31.1 Å². The molecule has 34 heavy (non-hydrogen) atoms. The van der Waals surface area contributed by atoms with Crippen LogP contribution in [0.4, 0.5) is 23.5 Å². The van der Waals surface area contributed by atoms with E-state index >= 15 is 0 Å². The molecule has 2 aromatic heterocycles. The molecule has 1 aromatic carbocycles. The zero-order valence-corrected chi connectivity index (χ0v) is 19.0. The highest BCUT2D eigenvalue weighted by Crippen LogP contribution is 2.33. The number of nitrogens with zero attached hydrogens (tertiary/aromatic N) is 4. The van der Waals surface area contributed by atoms with Crippen molar-refractivity contribution in [2.45, 2.75) is 44.0 Å². The van der Waals surface area contributed by atoms with Crippen LogP contribution in [0, 0.1) is 30.2 Å². The van der Waals surface area contributed by atoms with E-state index in [0.29, 0.717) is 19.2 Å². The van der Waals surface area contributed by atoms with Gasteiger partial charge in [-0.3, -0.25) is 0 Å². The van der Waals surface area contributed by atoms with E-state index in [2.05, 4.69) is 10.1 Å². The van der Waals surface area contributed by atoms with Gasteiger partial charge in [0, 0.05) is 30.8 Å². The van der Waals surface area contributed by atoms with Gasteiger partial charge in [-0.1, -0.05) is 0 Å². The number of rotatable bonds is 3. The average molecular weight is 502 g/mol. The highest BCUT2D eigenvalue weighted by Gasteiger charge is 2.41. The van der Waals surface area contributed by atoms with E-state index in [9.17, 15) is 31.1 Å². The largest absolute Gasteiger partial charge is 0.392 e. The number of nitrogens with two attached hydrogens (primary N) is 1. The predicted molar refractivity (Wildman–Crippen MR) is 116 cm³/mol. The molecule has 1 saturated heterocycles. The Kier molecular flexibility index (Phi) is 6.53. The minimum atomic E-state index is -3.05. The van der Waals surface area contributed by atoms with Crippen molar-refractivity contribution in [3.63, 3.8) is 0 Å². The lowest BCUT2D eigenvalue weighted by atomic mass is 10.1. The molecule has 1 aliphatic heterocycles. The van der Waals surface area contributed by atoms with E-state index in [1.165, 1.54) is 4.31 Å². The van der Waals surface area contributed by atoms with Crippen LogP contribution in [0.1, 0.15) is 31.2 Å². The van der Waals surface area contributed by atoms with Gasteiger partial charge in [0.15, 0.2) is 5.82 Å². The number of fused-ring (bicyclic) bond motifs is 1. The Morgan fingerprint density at radius 2 is 1.79 bits per heavy atom. The Bertz CT molecular complexity index is 1340. The lowest BCUT2D eigenvalue weighted by molar-refractivity contribution is 0.108. The van der Waals surface area contributed by atoms with Gasteiger partial charge in [-0.2, -0.15) is 4.31 Å². The minimum Gasteiger partial charge on any atom is -0.392 e. The Balaban J connectivity index is 0.000000180. The topological polar surface area (TPSA) is 114 Å². The van der Waals surface area contributed by atoms with Crippen LogP contribution in [0.3, 0.4) is 0 Å². The van der Waals surface area contributed by atoms with Crippen molar-refractivity contribution >= 4 is 21.5 Å². The highest BCUT2D eigenvalue weighted by molar-refractivity contribution is 7.90. The van der Waals surface area contributed by atoms with Crippen molar-refractivity contribution in [1.82, 2.24) is 18.9 Å². The molecule has 3 aromatic rings. The molecule has 8 nitrogen and oxygen atoms in total. The van der Waals surface area contributed by atoms with E-state index in [1.54, 1.807) is 0 Å². The van der Waals surface area contributed by atoms with E-state index in [-0.39, 0.29) is 28.0 Å². The summed E-state index contributed by atoms with van der Waals surface area (Å²) in [6.07, 6.45) is 3.75. The second-order valence-electron chi connectivity index (χ2n) is 8.34. The number of aliphatic hydroxyl groups is 1. The van der Waals surface area contributed by atoms with Crippen LogP contribution in [0.15, 0.2) is 18.3 Å². The van der Waals surface area contributed by atoms with Crippen LogP contribution < -0.4 is 5.73 Å². The lowest BCUT2D eigenvalue weighted by Crippen LogP contribution is -2.43. The Morgan fingerprint density at radius 1 is 1.09 bits per heavy atom. The van der Waals surface area contributed by atoms with E-state index in [4.69, 9.17) is 5.73 Å². The molecule has 2 aliphatic rings. The minimum absolute atomic E-state index is 0.0972. The SMILES string of the molecule is Cc1c(F)cc(F)c(-c2cc(F)c3cnc(N)nn23)c1F.O=S(=O)(C1CC1)N1CCCC(O)C1. The zero-order chi connectivity index (χ0) is 24.8. The summed E-state index contributed by atoms with van der Waals surface area (Å²) in [5.41, 5.74) is 4.14.